The molecule has 0 aromatic rings. The van der Waals surface area contributed by atoms with E-state index < -0.39 is 48.2 Å². The first-order valence-corrected chi connectivity index (χ1v) is 9.70. The van der Waals surface area contributed by atoms with Crippen molar-refractivity contribution >= 4 is 25.1 Å². The maximum Gasteiger partial charge on any atom is 0.451 e. The Kier molecular flexibility index (Phi) is 8.49. The number of nitrogens with one attached hydrogen (secondary N) is 1. The highest BCUT2D eigenvalue weighted by Gasteiger charge is 2.45. The Morgan fingerprint density at radius 2 is 1.90 bits per heavy atom. The number of alkyl carbamates (subject to hydrolysis) is 1. The van der Waals surface area contributed by atoms with Crippen LogP contribution in [0.2, 0.25) is 6.32 Å². The third kappa shape index (κ3) is 7.83. The fourth-order valence-corrected chi connectivity index (χ4v) is 3.48. The molecule has 0 spiro atoms. The Balaban J connectivity index is 3.00. The van der Waals surface area contributed by atoms with Crippen LogP contribution in [-0.4, -0.2) is 81.1 Å². The first kappa shape index (κ1) is 25.2. The van der Waals surface area contributed by atoms with E-state index >= 15 is 0 Å². The van der Waals surface area contributed by atoms with E-state index in [4.69, 9.17) is 14.8 Å². The van der Waals surface area contributed by atoms with Crippen molar-refractivity contribution in [3.63, 3.8) is 0 Å². The average Bonchev–Trinajstić information content (AvgIpc) is 2.55. The van der Waals surface area contributed by atoms with Crippen LogP contribution in [0.25, 0.3) is 0 Å². The summed E-state index contributed by atoms with van der Waals surface area (Å²) < 4.78 is 5.14. The number of hydrogen-bond donors (Lipinski definition) is 5. The summed E-state index contributed by atoms with van der Waals surface area (Å²) in [6.07, 6.45) is -1.44. The standard InChI is InChI=1S/C18H33BN2O8/c1-11(22)13(20-16(26)29-17(2,3)4)14(23)21-9-12(6-7-19(27)28)8-18(5,10-21)15(24)25/h11-13,22,27-28H,6-10H2,1-5H3,(H,20,26)(H,24,25)/t11-,12+,13+,18+/m1/s1. The van der Waals surface area contributed by atoms with Crippen LogP contribution >= 0.6 is 0 Å². The first-order chi connectivity index (χ1) is 13.1. The molecule has 0 unspecified atom stereocenters. The quantitative estimate of drug-likeness (QED) is 0.365. The second kappa shape index (κ2) is 9.77. The van der Waals surface area contributed by atoms with E-state index in [1.54, 1.807) is 20.8 Å². The number of nitrogens with zero attached hydrogens (tertiary/aromatic N) is 1. The Morgan fingerprint density at radius 1 is 1.31 bits per heavy atom. The van der Waals surface area contributed by atoms with E-state index in [1.165, 1.54) is 18.7 Å². The first-order valence-electron chi connectivity index (χ1n) is 9.70. The van der Waals surface area contributed by atoms with Gasteiger partial charge in [-0.2, -0.15) is 0 Å². The molecule has 10 nitrogen and oxygen atoms in total. The third-order valence-electron chi connectivity index (χ3n) is 4.84. The van der Waals surface area contributed by atoms with Crippen LogP contribution < -0.4 is 5.32 Å². The molecule has 2 amide bonds. The Labute approximate surface area is 171 Å². The predicted molar refractivity (Wildman–Crippen MR) is 105 cm³/mol. The second-order valence-corrected chi connectivity index (χ2v) is 9.08. The molecule has 1 heterocycles. The summed E-state index contributed by atoms with van der Waals surface area (Å²) >= 11 is 0. The van der Waals surface area contributed by atoms with Gasteiger partial charge < -0.3 is 35.2 Å². The molecular weight excluding hydrogens is 383 g/mol. The van der Waals surface area contributed by atoms with Gasteiger partial charge in [-0.15, -0.1) is 0 Å². The summed E-state index contributed by atoms with van der Waals surface area (Å²) in [4.78, 5) is 38.2. The van der Waals surface area contributed by atoms with Crippen LogP contribution in [0.5, 0.6) is 0 Å². The number of hydrogen-bond acceptors (Lipinski definition) is 7. The van der Waals surface area contributed by atoms with Gasteiger partial charge in [0.1, 0.15) is 11.6 Å². The predicted octanol–water partition coefficient (Wildman–Crippen LogP) is 0.0628. The van der Waals surface area contributed by atoms with Gasteiger partial charge in [-0.1, -0.05) is 6.42 Å². The molecular formula is C18H33BN2O8. The van der Waals surface area contributed by atoms with Gasteiger partial charge in [0.25, 0.3) is 0 Å². The minimum absolute atomic E-state index is 0.0540. The molecule has 0 bridgehead atoms. The zero-order chi connectivity index (χ0) is 22.6. The van der Waals surface area contributed by atoms with Crippen LogP contribution in [0.15, 0.2) is 0 Å². The number of carboxylic acids is 1. The van der Waals surface area contributed by atoms with Gasteiger partial charge >= 0.3 is 19.2 Å². The van der Waals surface area contributed by atoms with Gasteiger partial charge in [-0.3, -0.25) is 9.59 Å². The van der Waals surface area contributed by atoms with Gasteiger partial charge in [0.05, 0.1) is 11.5 Å². The number of aliphatic carboxylic acids is 1. The van der Waals surface area contributed by atoms with Crippen LogP contribution in [-0.2, 0) is 14.3 Å². The molecule has 0 radical (unpaired) electrons. The Morgan fingerprint density at radius 3 is 2.34 bits per heavy atom. The van der Waals surface area contributed by atoms with E-state index in [-0.39, 0.29) is 31.7 Å². The maximum atomic E-state index is 13.0. The smallest absolute Gasteiger partial charge is 0.451 e. The molecule has 0 aromatic heterocycles. The number of rotatable bonds is 7. The lowest BCUT2D eigenvalue weighted by atomic mass is 9.72. The zero-order valence-electron chi connectivity index (χ0n) is 17.7. The number of carbonyl (C=O) groups excluding carboxylic acids is 2. The zero-order valence-corrected chi connectivity index (χ0v) is 17.7. The summed E-state index contributed by atoms with van der Waals surface area (Å²) in [5.41, 5.74) is -2.02. The van der Waals surface area contributed by atoms with Crippen LogP contribution in [0.1, 0.15) is 47.5 Å². The highest BCUT2D eigenvalue weighted by molar-refractivity contribution is 6.40. The van der Waals surface area contributed by atoms with E-state index in [1.807, 2.05) is 0 Å². The van der Waals surface area contributed by atoms with Crippen molar-refractivity contribution < 1.29 is 39.4 Å². The number of ether oxygens (including phenoxy) is 1. The fourth-order valence-electron chi connectivity index (χ4n) is 3.48. The van der Waals surface area contributed by atoms with E-state index in [9.17, 15) is 24.6 Å². The average molecular weight is 416 g/mol. The molecule has 29 heavy (non-hydrogen) atoms. The molecule has 4 atom stereocenters. The number of aliphatic hydroxyl groups excluding tert-OH is 1. The Hall–Kier alpha value is -1.85. The SMILES string of the molecule is C[C@@H](O)[C@H](NC(=O)OC(C)(C)C)C(=O)N1C[C@@H](CCB(O)O)C[C@](C)(C(=O)O)C1. The monoisotopic (exact) mass is 416 g/mol. The largest absolute Gasteiger partial charge is 0.481 e. The van der Waals surface area contributed by atoms with Gasteiger partial charge in [0.15, 0.2) is 0 Å². The lowest BCUT2D eigenvalue weighted by molar-refractivity contribution is -0.156. The molecule has 5 N–H and O–H groups in total. The maximum absolute atomic E-state index is 13.0. The number of likely N-dealkylation sites (tertiary alicyclic amines) is 1. The lowest BCUT2D eigenvalue weighted by Gasteiger charge is -2.43. The van der Waals surface area contributed by atoms with Crippen molar-refractivity contribution in [2.45, 2.75) is 71.5 Å². The van der Waals surface area contributed by atoms with Crippen molar-refractivity contribution in [3.05, 3.63) is 0 Å². The summed E-state index contributed by atoms with van der Waals surface area (Å²) in [6, 6.07) is -1.30. The topological polar surface area (TPSA) is 157 Å². The van der Waals surface area contributed by atoms with Crippen molar-refractivity contribution in [2.75, 3.05) is 13.1 Å². The summed E-state index contributed by atoms with van der Waals surface area (Å²) in [5.74, 6) is -1.96. The van der Waals surface area contributed by atoms with E-state index in [0.29, 0.717) is 6.42 Å². The highest BCUT2D eigenvalue weighted by atomic mass is 16.6. The lowest BCUT2D eigenvalue weighted by Crippen LogP contribution is -2.59. The molecule has 0 aliphatic carbocycles. The molecule has 166 valence electrons. The number of piperidine rings is 1. The van der Waals surface area contributed by atoms with Gasteiger partial charge in [-0.05, 0) is 53.3 Å². The number of amides is 2. The molecule has 0 saturated carbocycles. The summed E-state index contributed by atoms with van der Waals surface area (Å²) in [6.45, 7) is 7.96. The van der Waals surface area contributed by atoms with Crippen LogP contribution in [0.4, 0.5) is 4.79 Å². The van der Waals surface area contributed by atoms with Gasteiger partial charge in [0, 0.05) is 13.1 Å². The number of carboxylic acid groups (broad SMARTS) is 1. The summed E-state index contributed by atoms with van der Waals surface area (Å²) in [5, 5.41) is 40.3. The molecule has 11 heteroatoms. The molecule has 1 rings (SSSR count). The molecule has 1 saturated heterocycles. The molecule has 1 aliphatic rings. The van der Waals surface area contributed by atoms with Crippen molar-refractivity contribution in [2.24, 2.45) is 11.3 Å². The minimum Gasteiger partial charge on any atom is -0.481 e. The van der Waals surface area contributed by atoms with Crippen molar-refractivity contribution in [1.29, 1.82) is 0 Å². The normalized spacial score (nSPS) is 24.4. The van der Waals surface area contributed by atoms with Gasteiger partial charge in [-0.25, -0.2) is 4.79 Å². The van der Waals surface area contributed by atoms with E-state index in [0.717, 1.165) is 0 Å². The van der Waals surface area contributed by atoms with Crippen LogP contribution in [0, 0.1) is 11.3 Å². The second-order valence-electron chi connectivity index (χ2n) is 9.08. The van der Waals surface area contributed by atoms with Crippen molar-refractivity contribution in [3.8, 4) is 0 Å². The van der Waals surface area contributed by atoms with E-state index in [2.05, 4.69) is 5.32 Å². The number of aliphatic hydroxyl groups is 1. The fraction of sp³-hybridized carbons (Fsp3) is 0.833. The molecule has 0 aromatic carbocycles. The van der Waals surface area contributed by atoms with Crippen molar-refractivity contribution in [1.82, 2.24) is 10.2 Å². The van der Waals surface area contributed by atoms with Crippen LogP contribution in [0.3, 0.4) is 0 Å². The highest BCUT2D eigenvalue weighted by Crippen LogP contribution is 2.36. The third-order valence-corrected chi connectivity index (χ3v) is 4.84. The summed E-state index contributed by atoms with van der Waals surface area (Å²) in [7, 11) is -1.52. The van der Waals surface area contributed by atoms with Gasteiger partial charge in [0.2, 0.25) is 5.91 Å². The molecule has 1 fully saturated rings. The molecule has 1 aliphatic heterocycles. The minimum atomic E-state index is -1.52. The number of carbonyl (C=O) groups is 3. The Bertz CT molecular complexity index is 607.